The van der Waals surface area contributed by atoms with Crippen LogP contribution in [0.25, 0.3) is 11.0 Å². The van der Waals surface area contributed by atoms with Gasteiger partial charge in [0.25, 0.3) is 0 Å². The molecule has 0 aliphatic carbocycles. The summed E-state index contributed by atoms with van der Waals surface area (Å²) in [4.78, 5) is 12.3. The summed E-state index contributed by atoms with van der Waals surface area (Å²) in [6.45, 7) is 10.1. The number of likely N-dealkylation sites (N-methyl/N-ethyl adjacent to an activating group) is 1. The Balaban J connectivity index is 2.45. The fraction of sp³-hybridized carbons (Fsp3) is 0.562. The number of nitrogens with zero attached hydrogens (tertiary/aromatic N) is 4. The molecule has 6 heteroatoms. The Labute approximate surface area is 136 Å². The van der Waals surface area contributed by atoms with E-state index in [1.54, 1.807) is 11.8 Å². The molecule has 2 rings (SSSR count). The quantitative estimate of drug-likeness (QED) is 0.880. The van der Waals surface area contributed by atoms with E-state index in [0.717, 1.165) is 29.3 Å². The fourth-order valence-corrected chi connectivity index (χ4v) is 3.19. The molecule has 0 saturated heterocycles. The van der Waals surface area contributed by atoms with Crippen molar-refractivity contribution in [1.29, 1.82) is 5.41 Å². The maximum absolute atomic E-state index is 8.41. The molecule has 0 saturated carbocycles. The number of hydrogen-bond donors (Lipinski definition) is 1. The number of aromatic nitrogens is 3. The van der Waals surface area contributed by atoms with Gasteiger partial charge in [-0.1, -0.05) is 20.8 Å². The summed E-state index contributed by atoms with van der Waals surface area (Å²) >= 11 is 1.77. The third-order valence-corrected chi connectivity index (χ3v) is 4.28. The van der Waals surface area contributed by atoms with Crippen LogP contribution in [0, 0.1) is 12.3 Å². The molecule has 1 N–H and O–H groups in total. The molecule has 0 radical (unpaired) electrons. The van der Waals surface area contributed by atoms with Crippen molar-refractivity contribution in [2.75, 3.05) is 20.6 Å². The number of aryl methyl sites for hydroxylation is 1. The molecular formula is C16H25N5S. The highest BCUT2D eigenvalue weighted by atomic mass is 32.2. The lowest BCUT2D eigenvalue weighted by Crippen LogP contribution is -2.29. The molecule has 0 atom stereocenters. The Hall–Kier alpha value is -1.40. The monoisotopic (exact) mass is 319 g/mol. The van der Waals surface area contributed by atoms with Crippen LogP contribution in [0.2, 0.25) is 0 Å². The van der Waals surface area contributed by atoms with E-state index in [-0.39, 0.29) is 4.75 Å². The van der Waals surface area contributed by atoms with E-state index in [4.69, 9.17) is 5.41 Å². The van der Waals surface area contributed by atoms with Crippen molar-refractivity contribution in [3.63, 3.8) is 0 Å². The molecule has 5 nitrogen and oxygen atoms in total. The molecular weight excluding hydrogens is 294 g/mol. The molecule has 0 aliphatic heterocycles. The highest BCUT2D eigenvalue weighted by Gasteiger charge is 2.14. The molecule has 2 aromatic rings. The smallest absolute Gasteiger partial charge is 0.154 e. The maximum atomic E-state index is 8.41. The van der Waals surface area contributed by atoms with Crippen molar-refractivity contribution >= 4 is 22.8 Å². The van der Waals surface area contributed by atoms with Gasteiger partial charge in [0.05, 0.1) is 5.52 Å². The summed E-state index contributed by atoms with van der Waals surface area (Å²) in [5.74, 6) is 0.860. The Morgan fingerprint density at radius 3 is 2.59 bits per heavy atom. The van der Waals surface area contributed by atoms with Crippen LogP contribution in [0.5, 0.6) is 0 Å². The van der Waals surface area contributed by atoms with Gasteiger partial charge < -0.3 is 9.47 Å². The van der Waals surface area contributed by atoms with Crippen molar-refractivity contribution in [3.05, 3.63) is 23.6 Å². The van der Waals surface area contributed by atoms with Gasteiger partial charge in [0.1, 0.15) is 11.3 Å². The van der Waals surface area contributed by atoms with Crippen LogP contribution in [-0.4, -0.2) is 44.8 Å². The second kappa shape index (κ2) is 6.38. The van der Waals surface area contributed by atoms with Gasteiger partial charge in [0.15, 0.2) is 5.49 Å². The molecule has 0 bridgehead atoms. The highest BCUT2D eigenvalue weighted by Crippen LogP contribution is 2.32. The van der Waals surface area contributed by atoms with Crippen molar-refractivity contribution < 1.29 is 0 Å². The standard InChI is InChI=1S/C16H25N5S/c1-11-19-13-9-12(22-16(2,3)4)10-18-14(13)15(17)21(11)8-7-20(5)6/h9-10,17H,7-8H2,1-6H3. The highest BCUT2D eigenvalue weighted by molar-refractivity contribution is 8.00. The molecule has 0 spiro atoms. The zero-order chi connectivity index (χ0) is 16.5. The average Bonchev–Trinajstić information content (AvgIpc) is 2.35. The van der Waals surface area contributed by atoms with Crippen LogP contribution < -0.4 is 5.49 Å². The van der Waals surface area contributed by atoms with Crippen LogP contribution >= 0.6 is 11.8 Å². The lowest BCUT2D eigenvalue weighted by Gasteiger charge is -2.18. The van der Waals surface area contributed by atoms with Gasteiger partial charge in [-0.05, 0) is 27.1 Å². The van der Waals surface area contributed by atoms with Crippen LogP contribution in [0.1, 0.15) is 26.6 Å². The van der Waals surface area contributed by atoms with Gasteiger partial charge in [0, 0.05) is 28.9 Å². The van der Waals surface area contributed by atoms with E-state index in [2.05, 4.69) is 35.6 Å². The topological polar surface area (TPSA) is 57.8 Å². The number of fused-ring (bicyclic) bond motifs is 1. The van der Waals surface area contributed by atoms with E-state index in [0.29, 0.717) is 11.0 Å². The zero-order valence-corrected chi connectivity index (χ0v) is 15.1. The third-order valence-electron chi connectivity index (χ3n) is 3.20. The van der Waals surface area contributed by atoms with Crippen molar-refractivity contribution in [3.8, 4) is 0 Å². The predicted molar refractivity (Wildman–Crippen MR) is 92.3 cm³/mol. The molecule has 2 aromatic heterocycles. The summed E-state index contributed by atoms with van der Waals surface area (Å²) in [7, 11) is 4.06. The van der Waals surface area contributed by atoms with Crippen LogP contribution in [0.3, 0.4) is 0 Å². The molecule has 0 aliphatic rings. The summed E-state index contributed by atoms with van der Waals surface area (Å²) in [6.07, 6.45) is 1.85. The van der Waals surface area contributed by atoms with Gasteiger partial charge in [-0.2, -0.15) is 0 Å². The Morgan fingerprint density at radius 2 is 2.00 bits per heavy atom. The van der Waals surface area contributed by atoms with Crippen molar-refractivity contribution in [1.82, 2.24) is 19.4 Å². The minimum atomic E-state index is 0.134. The number of pyridine rings is 1. The summed E-state index contributed by atoms with van der Waals surface area (Å²) in [6, 6.07) is 2.04. The van der Waals surface area contributed by atoms with E-state index in [1.807, 2.05) is 37.8 Å². The lowest BCUT2D eigenvalue weighted by atomic mass is 10.3. The maximum Gasteiger partial charge on any atom is 0.154 e. The number of nitrogens with one attached hydrogen (secondary N) is 1. The Bertz CT molecular complexity index is 728. The first kappa shape index (κ1) is 17.0. The SMILES string of the molecule is Cc1nc2cc(SC(C)(C)C)cnc2c(=N)n1CCN(C)C. The van der Waals surface area contributed by atoms with E-state index in [1.165, 1.54) is 0 Å². The van der Waals surface area contributed by atoms with Crippen molar-refractivity contribution in [2.45, 2.75) is 43.9 Å². The summed E-state index contributed by atoms with van der Waals surface area (Å²) in [5.41, 5.74) is 1.91. The van der Waals surface area contributed by atoms with E-state index >= 15 is 0 Å². The Kier molecular flexibility index (Phi) is 4.92. The minimum absolute atomic E-state index is 0.134. The van der Waals surface area contributed by atoms with Gasteiger partial charge in [-0.15, -0.1) is 11.8 Å². The zero-order valence-electron chi connectivity index (χ0n) is 14.3. The first-order valence-corrected chi connectivity index (χ1v) is 8.24. The van der Waals surface area contributed by atoms with Crippen LogP contribution in [0.4, 0.5) is 0 Å². The normalized spacial score (nSPS) is 12.3. The van der Waals surface area contributed by atoms with Crippen molar-refractivity contribution in [2.24, 2.45) is 0 Å². The first-order chi connectivity index (χ1) is 10.2. The molecule has 2 heterocycles. The second-order valence-electron chi connectivity index (χ2n) is 6.72. The van der Waals surface area contributed by atoms with Gasteiger partial charge in [0.2, 0.25) is 0 Å². The molecule has 0 amide bonds. The largest absolute Gasteiger partial charge is 0.312 e. The van der Waals surface area contributed by atoms with Crippen LogP contribution in [0.15, 0.2) is 17.2 Å². The molecule has 120 valence electrons. The number of rotatable bonds is 4. The van der Waals surface area contributed by atoms with Gasteiger partial charge in [-0.3, -0.25) is 5.41 Å². The molecule has 0 aromatic carbocycles. The fourth-order valence-electron chi connectivity index (χ4n) is 2.21. The van der Waals surface area contributed by atoms with E-state index in [9.17, 15) is 0 Å². The number of hydrogen-bond acceptors (Lipinski definition) is 5. The van der Waals surface area contributed by atoms with Gasteiger partial charge >= 0.3 is 0 Å². The molecule has 22 heavy (non-hydrogen) atoms. The number of thioether (sulfide) groups is 1. The lowest BCUT2D eigenvalue weighted by molar-refractivity contribution is 0.376. The van der Waals surface area contributed by atoms with Gasteiger partial charge in [-0.25, -0.2) is 9.97 Å². The Morgan fingerprint density at radius 1 is 1.32 bits per heavy atom. The summed E-state index contributed by atoms with van der Waals surface area (Å²) < 4.78 is 2.06. The molecule has 0 unspecified atom stereocenters. The molecule has 0 fully saturated rings. The van der Waals surface area contributed by atoms with Crippen LogP contribution in [-0.2, 0) is 6.54 Å². The average molecular weight is 319 g/mol. The first-order valence-electron chi connectivity index (χ1n) is 7.43. The minimum Gasteiger partial charge on any atom is -0.312 e. The summed E-state index contributed by atoms with van der Waals surface area (Å²) in [5, 5.41) is 8.41. The van der Waals surface area contributed by atoms with E-state index < -0.39 is 0 Å². The third kappa shape index (κ3) is 4.08. The predicted octanol–water partition coefficient (Wildman–Crippen LogP) is 2.67. The second-order valence-corrected chi connectivity index (χ2v) is 8.62.